The highest BCUT2D eigenvalue weighted by Crippen LogP contribution is 2.27. The Hall–Kier alpha value is -1.41. The number of sulfone groups is 1. The first-order valence-electron chi connectivity index (χ1n) is 8.56. The van der Waals surface area contributed by atoms with Crippen LogP contribution in [-0.4, -0.2) is 67.7 Å². The molecule has 0 aromatic carbocycles. The van der Waals surface area contributed by atoms with Gasteiger partial charge in [-0.2, -0.15) is 0 Å². The topological polar surface area (TPSA) is 74.8 Å². The summed E-state index contributed by atoms with van der Waals surface area (Å²) < 4.78 is 22.9. The van der Waals surface area contributed by atoms with Crippen LogP contribution in [0.25, 0.3) is 0 Å². The summed E-state index contributed by atoms with van der Waals surface area (Å²) in [5, 5.41) is 0. The Bertz CT molecular complexity index is 763. The number of aryl methyl sites for hydroxylation is 1. The second kappa shape index (κ2) is 7.07. The number of carbonyl (C=O) groups excluding carboxylic acids is 2. The van der Waals surface area contributed by atoms with Crippen molar-refractivity contribution in [2.24, 2.45) is 5.92 Å². The van der Waals surface area contributed by atoms with Gasteiger partial charge in [-0.25, -0.2) is 8.42 Å². The molecule has 2 amide bonds. The highest BCUT2D eigenvalue weighted by atomic mass is 32.2. The van der Waals surface area contributed by atoms with Crippen LogP contribution in [0.15, 0.2) is 12.1 Å². The van der Waals surface area contributed by atoms with Gasteiger partial charge in [-0.3, -0.25) is 9.59 Å². The molecule has 3 rings (SSSR count). The molecule has 2 aliphatic heterocycles. The number of piperidine rings is 1. The van der Waals surface area contributed by atoms with Crippen LogP contribution in [-0.2, 0) is 14.6 Å². The molecule has 1 aromatic rings. The number of likely N-dealkylation sites (tertiary alicyclic amines) is 2. The van der Waals surface area contributed by atoms with Gasteiger partial charge in [0.15, 0.2) is 0 Å². The molecule has 2 aliphatic rings. The van der Waals surface area contributed by atoms with Crippen LogP contribution in [0.2, 0.25) is 0 Å². The van der Waals surface area contributed by atoms with E-state index in [1.54, 1.807) is 0 Å². The van der Waals surface area contributed by atoms with E-state index in [0.29, 0.717) is 26.1 Å². The lowest BCUT2D eigenvalue weighted by Gasteiger charge is -2.36. The standard InChI is InChI=1S/C17H24N2O4S2/c1-12-3-4-15(24-12)17(21)18-7-5-14(6-8-18)19-10-13(9-16(19)20)11-25(2,22)23/h3-4,13-14H,5-11H2,1-2H3. The fourth-order valence-corrected chi connectivity index (χ4v) is 5.70. The largest absolute Gasteiger partial charge is 0.339 e. The Morgan fingerprint density at radius 3 is 2.52 bits per heavy atom. The van der Waals surface area contributed by atoms with Crippen LogP contribution in [0.3, 0.4) is 0 Å². The quantitative estimate of drug-likeness (QED) is 0.789. The molecule has 6 nitrogen and oxygen atoms in total. The zero-order valence-electron chi connectivity index (χ0n) is 14.6. The molecule has 1 unspecified atom stereocenters. The van der Waals surface area contributed by atoms with E-state index in [2.05, 4.69) is 0 Å². The number of carbonyl (C=O) groups is 2. The van der Waals surface area contributed by atoms with E-state index in [1.807, 2.05) is 28.9 Å². The van der Waals surface area contributed by atoms with Crippen molar-refractivity contribution >= 4 is 33.0 Å². The van der Waals surface area contributed by atoms with Crippen LogP contribution in [0.5, 0.6) is 0 Å². The third-order valence-corrected chi connectivity index (χ3v) is 6.99. The molecule has 1 atom stereocenters. The monoisotopic (exact) mass is 384 g/mol. The predicted octanol–water partition coefficient (Wildman–Crippen LogP) is 1.55. The van der Waals surface area contributed by atoms with Gasteiger partial charge in [0.1, 0.15) is 9.84 Å². The lowest BCUT2D eigenvalue weighted by Crippen LogP contribution is -2.47. The number of hydrogen-bond acceptors (Lipinski definition) is 5. The van der Waals surface area contributed by atoms with Crippen LogP contribution in [0.4, 0.5) is 0 Å². The Kier molecular flexibility index (Phi) is 5.20. The summed E-state index contributed by atoms with van der Waals surface area (Å²) in [5.74, 6) is 0.0902. The van der Waals surface area contributed by atoms with Crippen molar-refractivity contribution in [3.8, 4) is 0 Å². The minimum absolute atomic E-state index is 0.0484. The SMILES string of the molecule is Cc1ccc(C(=O)N2CCC(N3CC(CS(C)(=O)=O)CC3=O)CC2)s1. The van der Waals surface area contributed by atoms with Gasteiger partial charge in [0.05, 0.1) is 10.6 Å². The molecular weight excluding hydrogens is 360 g/mol. The molecule has 2 saturated heterocycles. The molecule has 0 radical (unpaired) electrons. The molecule has 3 heterocycles. The minimum Gasteiger partial charge on any atom is -0.339 e. The molecule has 0 spiro atoms. The molecule has 1 aromatic heterocycles. The molecule has 0 N–H and O–H groups in total. The normalized spacial score (nSPS) is 22.6. The maximum Gasteiger partial charge on any atom is 0.263 e. The maximum absolute atomic E-state index is 12.5. The van der Waals surface area contributed by atoms with Crippen LogP contribution in [0.1, 0.15) is 33.8 Å². The van der Waals surface area contributed by atoms with Crippen molar-refractivity contribution in [3.05, 3.63) is 21.9 Å². The van der Waals surface area contributed by atoms with E-state index < -0.39 is 9.84 Å². The Morgan fingerprint density at radius 2 is 1.96 bits per heavy atom. The maximum atomic E-state index is 12.5. The summed E-state index contributed by atoms with van der Waals surface area (Å²) in [6.07, 6.45) is 3.05. The van der Waals surface area contributed by atoms with Gasteiger partial charge in [-0.1, -0.05) is 0 Å². The van der Waals surface area contributed by atoms with Crippen molar-refractivity contribution < 1.29 is 18.0 Å². The van der Waals surface area contributed by atoms with E-state index >= 15 is 0 Å². The fraction of sp³-hybridized carbons (Fsp3) is 0.647. The molecule has 0 saturated carbocycles. The first-order chi connectivity index (χ1) is 11.7. The molecule has 0 bridgehead atoms. The summed E-state index contributed by atoms with van der Waals surface area (Å²) in [5.41, 5.74) is 0. The number of amides is 2. The highest BCUT2D eigenvalue weighted by Gasteiger charge is 2.37. The molecule has 138 valence electrons. The van der Waals surface area contributed by atoms with E-state index in [9.17, 15) is 18.0 Å². The lowest BCUT2D eigenvalue weighted by atomic mass is 10.0. The van der Waals surface area contributed by atoms with Gasteiger partial charge >= 0.3 is 0 Å². The Morgan fingerprint density at radius 1 is 1.28 bits per heavy atom. The molecule has 8 heteroatoms. The van der Waals surface area contributed by atoms with Crippen LogP contribution < -0.4 is 0 Å². The third-order valence-electron chi connectivity index (χ3n) is 4.92. The summed E-state index contributed by atoms with van der Waals surface area (Å²) >= 11 is 1.51. The average Bonchev–Trinajstić information content (AvgIpc) is 3.11. The van der Waals surface area contributed by atoms with Crippen molar-refractivity contribution in [1.29, 1.82) is 0 Å². The molecule has 0 aliphatic carbocycles. The molecule has 2 fully saturated rings. The molecule has 25 heavy (non-hydrogen) atoms. The van der Waals surface area contributed by atoms with Crippen molar-refractivity contribution in [2.45, 2.75) is 32.2 Å². The van der Waals surface area contributed by atoms with Gasteiger partial charge in [0.25, 0.3) is 5.91 Å². The zero-order chi connectivity index (χ0) is 18.2. The van der Waals surface area contributed by atoms with E-state index in [1.165, 1.54) is 17.6 Å². The van der Waals surface area contributed by atoms with E-state index in [-0.39, 0.29) is 29.5 Å². The van der Waals surface area contributed by atoms with Crippen LogP contribution >= 0.6 is 11.3 Å². The number of rotatable bonds is 4. The van der Waals surface area contributed by atoms with Crippen LogP contribution in [0, 0.1) is 12.8 Å². The zero-order valence-corrected chi connectivity index (χ0v) is 16.2. The summed E-state index contributed by atoms with van der Waals surface area (Å²) in [6, 6.07) is 3.94. The summed E-state index contributed by atoms with van der Waals surface area (Å²) in [7, 11) is -3.06. The Labute approximate surface area is 152 Å². The molecular formula is C17H24N2O4S2. The Balaban J connectivity index is 1.55. The highest BCUT2D eigenvalue weighted by molar-refractivity contribution is 7.90. The number of hydrogen-bond donors (Lipinski definition) is 0. The lowest BCUT2D eigenvalue weighted by molar-refractivity contribution is -0.130. The van der Waals surface area contributed by atoms with E-state index in [0.717, 1.165) is 22.6 Å². The van der Waals surface area contributed by atoms with E-state index in [4.69, 9.17) is 0 Å². The van der Waals surface area contributed by atoms with Gasteiger partial charge in [-0.05, 0) is 37.8 Å². The number of thiophene rings is 1. The van der Waals surface area contributed by atoms with Gasteiger partial charge in [0, 0.05) is 43.2 Å². The van der Waals surface area contributed by atoms with Gasteiger partial charge < -0.3 is 9.80 Å². The van der Waals surface area contributed by atoms with Crippen molar-refractivity contribution in [1.82, 2.24) is 9.80 Å². The third kappa shape index (κ3) is 4.41. The van der Waals surface area contributed by atoms with Gasteiger partial charge in [-0.15, -0.1) is 11.3 Å². The second-order valence-electron chi connectivity index (χ2n) is 7.14. The van der Waals surface area contributed by atoms with Gasteiger partial charge in [0.2, 0.25) is 5.91 Å². The second-order valence-corrected chi connectivity index (χ2v) is 10.6. The number of nitrogens with zero attached hydrogens (tertiary/aromatic N) is 2. The van der Waals surface area contributed by atoms with Crippen molar-refractivity contribution in [3.63, 3.8) is 0 Å². The fourth-order valence-electron chi connectivity index (χ4n) is 3.79. The minimum atomic E-state index is -3.06. The first kappa shape index (κ1) is 18.4. The average molecular weight is 385 g/mol. The predicted molar refractivity (Wildman–Crippen MR) is 97.5 cm³/mol. The van der Waals surface area contributed by atoms with Crippen molar-refractivity contribution in [2.75, 3.05) is 31.6 Å². The first-order valence-corrected chi connectivity index (χ1v) is 11.4. The summed E-state index contributed by atoms with van der Waals surface area (Å²) in [6.45, 7) is 3.79. The smallest absolute Gasteiger partial charge is 0.263 e. The summed E-state index contributed by atoms with van der Waals surface area (Å²) in [4.78, 5) is 30.4.